The molecule has 0 radical (unpaired) electrons. The van der Waals surface area contributed by atoms with Crippen LogP contribution in [0.4, 0.5) is 5.69 Å². The number of rotatable bonds is 5. The molecule has 0 saturated carbocycles. The predicted molar refractivity (Wildman–Crippen MR) is 84.5 cm³/mol. The normalized spacial score (nSPS) is 10.9. The Morgan fingerprint density at radius 3 is 2.90 bits per heavy atom. The van der Waals surface area contributed by atoms with Crippen molar-refractivity contribution in [1.82, 2.24) is 14.7 Å². The van der Waals surface area contributed by atoms with Gasteiger partial charge in [0.1, 0.15) is 5.75 Å². The number of benzene rings is 1. The molecule has 21 heavy (non-hydrogen) atoms. The first-order valence-corrected chi connectivity index (χ1v) is 7.22. The van der Waals surface area contributed by atoms with E-state index in [1.807, 2.05) is 14.1 Å². The molecule has 0 fully saturated rings. The molecule has 0 atom stereocenters. The monoisotopic (exact) mass is 352 g/mol. The zero-order chi connectivity index (χ0) is 15.4. The highest BCUT2D eigenvalue weighted by Crippen LogP contribution is 2.23. The maximum Gasteiger partial charge on any atom is 0.259 e. The summed E-state index contributed by atoms with van der Waals surface area (Å²) in [6.45, 7) is 1.61. The minimum Gasteiger partial charge on any atom is -0.507 e. The van der Waals surface area contributed by atoms with E-state index in [0.29, 0.717) is 10.2 Å². The van der Waals surface area contributed by atoms with E-state index in [9.17, 15) is 9.90 Å². The number of carbonyl (C=O) groups excluding carboxylic acids is 1. The second kappa shape index (κ2) is 6.73. The maximum atomic E-state index is 12.1. The molecular weight excluding hydrogens is 336 g/mol. The highest BCUT2D eigenvalue weighted by molar-refractivity contribution is 9.10. The zero-order valence-electron chi connectivity index (χ0n) is 11.9. The molecule has 112 valence electrons. The Kier molecular flexibility index (Phi) is 4.98. The van der Waals surface area contributed by atoms with E-state index in [-0.39, 0.29) is 17.2 Å². The van der Waals surface area contributed by atoms with Crippen LogP contribution in [0.5, 0.6) is 5.75 Å². The van der Waals surface area contributed by atoms with E-state index in [2.05, 4.69) is 31.2 Å². The fourth-order valence-electron chi connectivity index (χ4n) is 1.75. The summed E-state index contributed by atoms with van der Waals surface area (Å²) in [6.07, 6.45) is 3.35. The lowest BCUT2D eigenvalue weighted by molar-refractivity contribution is 0.102. The lowest BCUT2D eigenvalue weighted by Crippen LogP contribution is -2.18. The first kappa shape index (κ1) is 15.5. The van der Waals surface area contributed by atoms with Crippen LogP contribution in [0.1, 0.15) is 10.4 Å². The number of nitrogens with one attached hydrogen (secondary N) is 1. The number of anilines is 1. The van der Waals surface area contributed by atoms with Crippen LogP contribution >= 0.6 is 15.9 Å². The van der Waals surface area contributed by atoms with Crippen molar-refractivity contribution in [2.24, 2.45) is 0 Å². The molecule has 1 amide bonds. The van der Waals surface area contributed by atoms with Crippen LogP contribution in [0.3, 0.4) is 0 Å². The number of likely N-dealkylation sites (N-methyl/N-ethyl adjacent to an activating group) is 1. The molecule has 0 saturated heterocycles. The van der Waals surface area contributed by atoms with Crippen LogP contribution < -0.4 is 5.32 Å². The highest BCUT2D eigenvalue weighted by atomic mass is 79.9. The summed E-state index contributed by atoms with van der Waals surface area (Å²) >= 11 is 3.24. The Morgan fingerprint density at radius 1 is 1.48 bits per heavy atom. The van der Waals surface area contributed by atoms with Gasteiger partial charge < -0.3 is 15.3 Å². The molecule has 2 rings (SSSR count). The van der Waals surface area contributed by atoms with Gasteiger partial charge >= 0.3 is 0 Å². The molecule has 0 unspecified atom stereocenters. The number of hydrogen-bond acceptors (Lipinski definition) is 4. The first-order chi connectivity index (χ1) is 9.95. The SMILES string of the molecule is CN(C)CCn1cc(NC(=O)c2ccc(Br)cc2O)cn1. The number of phenolic OH excluding ortho intramolecular Hbond substituents is 1. The van der Waals surface area contributed by atoms with Crippen LogP contribution in [0, 0.1) is 0 Å². The molecule has 0 aliphatic carbocycles. The fourth-order valence-corrected chi connectivity index (χ4v) is 2.10. The molecule has 1 heterocycles. The molecule has 0 bridgehead atoms. The summed E-state index contributed by atoms with van der Waals surface area (Å²) < 4.78 is 2.48. The van der Waals surface area contributed by atoms with Crippen molar-refractivity contribution in [2.75, 3.05) is 26.0 Å². The van der Waals surface area contributed by atoms with Gasteiger partial charge in [-0.2, -0.15) is 5.10 Å². The number of aromatic nitrogens is 2. The topological polar surface area (TPSA) is 70.4 Å². The van der Waals surface area contributed by atoms with E-state index >= 15 is 0 Å². The molecule has 1 aromatic heterocycles. The van der Waals surface area contributed by atoms with E-state index in [4.69, 9.17) is 0 Å². The van der Waals surface area contributed by atoms with E-state index in [1.165, 1.54) is 6.07 Å². The molecule has 6 nitrogen and oxygen atoms in total. The number of halogens is 1. The van der Waals surface area contributed by atoms with E-state index in [1.54, 1.807) is 29.2 Å². The molecule has 0 aliphatic rings. The summed E-state index contributed by atoms with van der Waals surface area (Å²) in [5.41, 5.74) is 0.820. The van der Waals surface area contributed by atoms with Gasteiger partial charge in [0.05, 0.1) is 24.0 Å². The second-order valence-electron chi connectivity index (χ2n) is 4.91. The smallest absolute Gasteiger partial charge is 0.259 e. The van der Waals surface area contributed by atoms with Crippen LogP contribution in [0.15, 0.2) is 35.1 Å². The second-order valence-corrected chi connectivity index (χ2v) is 5.83. The largest absolute Gasteiger partial charge is 0.507 e. The van der Waals surface area contributed by atoms with Crippen LogP contribution in [-0.4, -0.2) is 46.3 Å². The van der Waals surface area contributed by atoms with E-state index in [0.717, 1.165) is 13.1 Å². The Labute approximate surface area is 131 Å². The van der Waals surface area contributed by atoms with Gasteiger partial charge in [-0.25, -0.2) is 0 Å². The van der Waals surface area contributed by atoms with Gasteiger partial charge in [-0.1, -0.05) is 15.9 Å². The summed E-state index contributed by atoms with van der Waals surface area (Å²) in [5.74, 6) is -0.436. The number of amides is 1. The number of hydrogen-bond donors (Lipinski definition) is 2. The van der Waals surface area contributed by atoms with Crippen molar-refractivity contribution >= 4 is 27.5 Å². The Bertz CT molecular complexity index is 640. The average Bonchev–Trinajstić information content (AvgIpc) is 2.83. The Hall–Kier alpha value is -1.86. The van der Waals surface area contributed by atoms with Crippen molar-refractivity contribution in [3.05, 3.63) is 40.6 Å². The van der Waals surface area contributed by atoms with Crippen molar-refractivity contribution < 1.29 is 9.90 Å². The van der Waals surface area contributed by atoms with Crippen LogP contribution in [0.2, 0.25) is 0 Å². The zero-order valence-corrected chi connectivity index (χ0v) is 13.5. The minimum absolute atomic E-state index is 0.0677. The quantitative estimate of drug-likeness (QED) is 0.864. The van der Waals surface area contributed by atoms with Crippen molar-refractivity contribution in [1.29, 1.82) is 0 Å². The van der Waals surface area contributed by atoms with Gasteiger partial charge in [0.15, 0.2) is 0 Å². The summed E-state index contributed by atoms with van der Waals surface area (Å²) in [4.78, 5) is 14.1. The number of nitrogens with zero attached hydrogens (tertiary/aromatic N) is 3. The van der Waals surface area contributed by atoms with Gasteiger partial charge in [0.2, 0.25) is 0 Å². The standard InChI is InChI=1S/C14H17BrN4O2/c1-18(2)5-6-19-9-11(8-16-19)17-14(21)12-4-3-10(15)7-13(12)20/h3-4,7-9,20H,5-6H2,1-2H3,(H,17,21). The fraction of sp³-hybridized carbons (Fsp3) is 0.286. The predicted octanol–water partition coefficient (Wildman–Crippen LogP) is 2.17. The lowest BCUT2D eigenvalue weighted by Gasteiger charge is -2.08. The van der Waals surface area contributed by atoms with E-state index < -0.39 is 0 Å². The summed E-state index contributed by atoms with van der Waals surface area (Å²) in [5, 5.41) is 16.7. The van der Waals surface area contributed by atoms with Gasteiger partial charge in [0, 0.05) is 17.2 Å². The van der Waals surface area contributed by atoms with Gasteiger partial charge in [-0.15, -0.1) is 0 Å². The Morgan fingerprint density at radius 2 is 2.24 bits per heavy atom. The van der Waals surface area contributed by atoms with Crippen molar-refractivity contribution in [2.45, 2.75) is 6.54 Å². The molecule has 7 heteroatoms. The van der Waals surface area contributed by atoms with Gasteiger partial charge in [0.25, 0.3) is 5.91 Å². The lowest BCUT2D eigenvalue weighted by atomic mass is 10.2. The van der Waals surface area contributed by atoms with Crippen LogP contribution in [-0.2, 0) is 6.54 Å². The average molecular weight is 353 g/mol. The third kappa shape index (κ3) is 4.30. The minimum atomic E-state index is -0.368. The molecule has 0 spiro atoms. The molecule has 1 aromatic carbocycles. The van der Waals surface area contributed by atoms with Crippen molar-refractivity contribution in [3.63, 3.8) is 0 Å². The molecule has 2 N–H and O–H groups in total. The molecule has 2 aromatic rings. The maximum absolute atomic E-state index is 12.1. The highest BCUT2D eigenvalue weighted by Gasteiger charge is 2.12. The van der Waals surface area contributed by atoms with Gasteiger partial charge in [-0.3, -0.25) is 9.48 Å². The number of phenols is 1. The van der Waals surface area contributed by atoms with Gasteiger partial charge in [-0.05, 0) is 32.3 Å². The third-order valence-electron chi connectivity index (χ3n) is 2.87. The molecular formula is C14H17BrN4O2. The first-order valence-electron chi connectivity index (χ1n) is 6.43. The summed E-state index contributed by atoms with van der Waals surface area (Å²) in [7, 11) is 3.98. The number of carbonyl (C=O) groups is 1. The molecule has 0 aliphatic heterocycles. The van der Waals surface area contributed by atoms with Crippen LogP contribution in [0.25, 0.3) is 0 Å². The van der Waals surface area contributed by atoms with Crippen molar-refractivity contribution in [3.8, 4) is 5.75 Å². The summed E-state index contributed by atoms with van der Waals surface area (Å²) in [6, 6.07) is 4.75. The third-order valence-corrected chi connectivity index (χ3v) is 3.37. The number of aromatic hydroxyl groups is 1. The Balaban J connectivity index is 2.02.